The number of nitrogens with one attached hydrogen (secondary N) is 1. The number of carboxylic acid groups (broad SMARTS) is 1. The highest BCUT2D eigenvalue weighted by Crippen LogP contribution is 2.27. The van der Waals surface area contributed by atoms with Gasteiger partial charge in [0, 0.05) is 0 Å². The molecule has 1 aromatic rings. The van der Waals surface area contributed by atoms with Crippen LogP contribution in [0, 0.1) is 20.8 Å². The topological polar surface area (TPSA) is 75.6 Å². The SMILES string of the molecule is Cc1cc(C)c(C)c(OC(C)(C)C(=O)NC(C)C(=O)O)c1. The number of aliphatic carboxylic acids is 1. The van der Waals surface area contributed by atoms with Crippen LogP contribution in [0.1, 0.15) is 37.5 Å². The molecule has 0 radical (unpaired) electrons. The maximum absolute atomic E-state index is 12.2. The minimum atomic E-state index is -1.16. The molecule has 0 aromatic heterocycles. The Morgan fingerprint density at radius 1 is 1.24 bits per heavy atom. The molecule has 5 nitrogen and oxygen atoms in total. The van der Waals surface area contributed by atoms with Gasteiger partial charge < -0.3 is 15.2 Å². The molecule has 0 aliphatic carbocycles. The van der Waals surface area contributed by atoms with Crippen molar-refractivity contribution in [2.75, 3.05) is 0 Å². The first kappa shape index (κ1) is 17.0. The number of ether oxygens (including phenoxy) is 1. The fourth-order valence-electron chi connectivity index (χ4n) is 1.86. The van der Waals surface area contributed by atoms with Gasteiger partial charge in [0.05, 0.1) is 0 Å². The minimum absolute atomic E-state index is 0.462. The maximum atomic E-state index is 12.2. The molecule has 1 aromatic carbocycles. The number of benzene rings is 1. The van der Waals surface area contributed by atoms with Gasteiger partial charge in [-0.1, -0.05) is 6.07 Å². The van der Waals surface area contributed by atoms with Crippen molar-refractivity contribution < 1.29 is 19.4 Å². The second-order valence-corrected chi connectivity index (χ2v) is 5.85. The molecule has 0 spiro atoms. The summed E-state index contributed by atoms with van der Waals surface area (Å²) in [6.45, 7) is 10.5. The van der Waals surface area contributed by atoms with Gasteiger partial charge in [0.15, 0.2) is 5.60 Å². The van der Waals surface area contributed by atoms with E-state index in [0.717, 1.165) is 16.7 Å². The van der Waals surface area contributed by atoms with E-state index in [1.54, 1.807) is 13.8 Å². The first-order chi connectivity index (χ1) is 9.54. The summed E-state index contributed by atoms with van der Waals surface area (Å²) in [5, 5.41) is 11.3. The molecule has 1 atom stereocenters. The van der Waals surface area contributed by atoms with E-state index in [0.29, 0.717) is 5.75 Å². The van der Waals surface area contributed by atoms with Crippen molar-refractivity contribution in [1.82, 2.24) is 5.32 Å². The van der Waals surface area contributed by atoms with Crippen molar-refractivity contribution in [1.29, 1.82) is 0 Å². The molecule has 21 heavy (non-hydrogen) atoms. The van der Waals surface area contributed by atoms with Crippen LogP contribution in [0.2, 0.25) is 0 Å². The summed E-state index contributed by atoms with van der Waals surface area (Å²) < 4.78 is 5.83. The third-order valence-corrected chi connectivity index (χ3v) is 3.39. The Balaban J connectivity index is 2.95. The Hall–Kier alpha value is -2.04. The molecule has 1 unspecified atom stereocenters. The summed E-state index contributed by atoms with van der Waals surface area (Å²) in [7, 11) is 0. The van der Waals surface area contributed by atoms with Crippen molar-refractivity contribution in [3.05, 3.63) is 28.8 Å². The zero-order valence-corrected chi connectivity index (χ0v) is 13.4. The van der Waals surface area contributed by atoms with Crippen LogP contribution in [0.15, 0.2) is 12.1 Å². The number of carboxylic acids is 1. The van der Waals surface area contributed by atoms with Gasteiger partial charge in [0.2, 0.25) is 0 Å². The van der Waals surface area contributed by atoms with Crippen LogP contribution in [0.5, 0.6) is 5.75 Å². The summed E-state index contributed by atoms with van der Waals surface area (Å²) in [6, 6.07) is 2.96. The molecular weight excluding hydrogens is 270 g/mol. The van der Waals surface area contributed by atoms with Gasteiger partial charge in [-0.15, -0.1) is 0 Å². The summed E-state index contributed by atoms with van der Waals surface area (Å²) in [5.74, 6) is -0.909. The van der Waals surface area contributed by atoms with E-state index in [9.17, 15) is 9.59 Å². The van der Waals surface area contributed by atoms with Gasteiger partial charge >= 0.3 is 5.97 Å². The summed E-state index contributed by atoms with van der Waals surface area (Å²) in [6.07, 6.45) is 0. The lowest BCUT2D eigenvalue weighted by Gasteiger charge is -2.27. The molecule has 0 bridgehead atoms. The smallest absolute Gasteiger partial charge is 0.325 e. The van der Waals surface area contributed by atoms with E-state index in [2.05, 4.69) is 5.32 Å². The highest BCUT2D eigenvalue weighted by atomic mass is 16.5. The van der Waals surface area contributed by atoms with Crippen LogP contribution in [-0.2, 0) is 9.59 Å². The summed E-state index contributed by atoms with van der Waals surface area (Å²) in [5.41, 5.74) is 1.94. The lowest BCUT2D eigenvalue weighted by atomic mass is 10.0. The summed E-state index contributed by atoms with van der Waals surface area (Å²) in [4.78, 5) is 23.0. The van der Waals surface area contributed by atoms with E-state index >= 15 is 0 Å². The Morgan fingerprint density at radius 3 is 2.33 bits per heavy atom. The monoisotopic (exact) mass is 293 g/mol. The van der Waals surface area contributed by atoms with E-state index in [4.69, 9.17) is 9.84 Å². The van der Waals surface area contributed by atoms with E-state index in [-0.39, 0.29) is 0 Å². The Bertz CT molecular complexity index is 564. The molecule has 2 N–H and O–H groups in total. The van der Waals surface area contributed by atoms with Crippen molar-refractivity contribution in [3.8, 4) is 5.75 Å². The Labute approximate surface area is 125 Å². The van der Waals surface area contributed by atoms with Gasteiger partial charge in [-0.2, -0.15) is 0 Å². The lowest BCUT2D eigenvalue weighted by molar-refractivity contribution is -0.144. The van der Waals surface area contributed by atoms with Crippen LogP contribution in [-0.4, -0.2) is 28.6 Å². The number of aryl methyl sites for hydroxylation is 2. The first-order valence-corrected chi connectivity index (χ1v) is 6.85. The van der Waals surface area contributed by atoms with Crippen molar-refractivity contribution in [3.63, 3.8) is 0 Å². The van der Waals surface area contributed by atoms with Crippen LogP contribution < -0.4 is 10.1 Å². The number of carbonyl (C=O) groups is 2. The molecular formula is C16H23NO4. The Morgan fingerprint density at radius 2 is 1.81 bits per heavy atom. The predicted octanol–water partition coefficient (Wildman–Crippen LogP) is 2.36. The Kier molecular flexibility index (Phi) is 4.99. The van der Waals surface area contributed by atoms with Gasteiger partial charge in [0.25, 0.3) is 5.91 Å². The normalized spacial score (nSPS) is 12.7. The standard InChI is InChI=1S/C16H23NO4/c1-9-7-10(2)11(3)13(8-9)21-16(5,6)15(20)17-12(4)14(18)19/h7-8,12H,1-6H3,(H,17,20)(H,18,19). The fourth-order valence-corrected chi connectivity index (χ4v) is 1.86. The molecule has 1 rings (SSSR count). The molecule has 0 heterocycles. The third kappa shape index (κ3) is 4.21. The number of amides is 1. The molecule has 1 amide bonds. The number of hydrogen-bond acceptors (Lipinski definition) is 3. The van der Waals surface area contributed by atoms with Crippen LogP contribution in [0.3, 0.4) is 0 Å². The van der Waals surface area contributed by atoms with E-state index in [1.807, 2.05) is 32.9 Å². The van der Waals surface area contributed by atoms with Crippen LogP contribution in [0.4, 0.5) is 0 Å². The van der Waals surface area contributed by atoms with Gasteiger partial charge in [-0.05, 0) is 64.3 Å². The second kappa shape index (κ2) is 6.16. The molecule has 0 saturated heterocycles. The van der Waals surface area contributed by atoms with E-state index < -0.39 is 23.5 Å². The number of carbonyl (C=O) groups excluding carboxylic acids is 1. The van der Waals surface area contributed by atoms with Crippen LogP contribution in [0.25, 0.3) is 0 Å². The average molecular weight is 293 g/mol. The average Bonchev–Trinajstić information content (AvgIpc) is 2.34. The first-order valence-electron chi connectivity index (χ1n) is 6.85. The molecule has 0 fully saturated rings. The molecule has 0 aliphatic heterocycles. The predicted molar refractivity (Wildman–Crippen MR) is 80.6 cm³/mol. The van der Waals surface area contributed by atoms with Gasteiger partial charge in [0.1, 0.15) is 11.8 Å². The number of rotatable bonds is 5. The summed E-state index contributed by atoms with van der Waals surface area (Å²) >= 11 is 0. The van der Waals surface area contributed by atoms with Gasteiger partial charge in [-0.3, -0.25) is 9.59 Å². The molecule has 0 saturated carbocycles. The number of hydrogen-bond donors (Lipinski definition) is 2. The highest BCUT2D eigenvalue weighted by Gasteiger charge is 2.32. The van der Waals surface area contributed by atoms with Crippen molar-refractivity contribution in [2.24, 2.45) is 0 Å². The molecule has 5 heteroatoms. The maximum Gasteiger partial charge on any atom is 0.325 e. The molecule has 116 valence electrons. The second-order valence-electron chi connectivity index (χ2n) is 5.85. The van der Waals surface area contributed by atoms with Crippen molar-refractivity contribution in [2.45, 2.75) is 53.2 Å². The third-order valence-electron chi connectivity index (χ3n) is 3.39. The zero-order valence-electron chi connectivity index (χ0n) is 13.4. The van der Waals surface area contributed by atoms with E-state index in [1.165, 1.54) is 6.92 Å². The van der Waals surface area contributed by atoms with Crippen molar-refractivity contribution >= 4 is 11.9 Å². The van der Waals surface area contributed by atoms with Gasteiger partial charge in [-0.25, -0.2) is 0 Å². The van der Waals surface area contributed by atoms with Crippen LogP contribution >= 0.6 is 0 Å². The quantitative estimate of drug-likeness (QED) is 0.874. The molecule has 0 aliphatic rings. The zero-order chi connectivity index (χ0) is 16.4. The lowest BCUT2D eigenvalue weighted by Crippen LogP contribution is -2.51. The highest BCUT2D eigenvalue weighted by molar-refractivity contribution is 5.88. The largest absolute Gasteiger partial charge is 0.480 e. The fraction of sp³-hybridized carbons (Fsp3) is 0.500. The minimum Gasteiger partial charge on any atom is -0.480 e.